The first kappa shape index (κ1) is 27.1. The van der Waals surface area contributed by atoms with Crippen LogP contribution in [0.2, 0.25) is 0 Å². The number of aryl methyl sites for hydroxylation is 3. The molecule has 0 aromatic heterocycles. The molecule has 2 aliphatic rings. The average molecular weight is 494 g/mol. The second-order valence-corrected chi connectivity index (χ2v) is 12.1. The lowest BCUT2D eigenvalue weighted by Gasteiger charge is -2.40. The second-order valence-electron chi connectivity index (χ2n) is 10.3. The van der Waals surface area contributed by atoms with Crippen molar-refractivity contribution in [3.8, 4) is 0 Å². The van der Waals surface area contributed by atoms with Gasteiger partial charge in [0.1, 0.15) is 0 Å². The summed E-state index contributed by atoms with van der Waals surface area (Å²) in [5.41, 5.74) is 2.62. The van der Waals surface area contributed by atoms with E-state index in [0.717, 1.165) is 55.7 Å². The third-order valence-electron chi connectivity index (χ3n) is 7.50. The smallest absolute Gasteiger partial charge is 0.243 e. The van der Waals surface area contributed by atoms with E-state index in [-0.39, 0.29) is 17.9 Å². The van der Waals surface area contributed by atoms with E-state index in [4.69, 9.17) is 4.74 Å². The van der Waals surface area contributed by atoms with Crippen LogP contribution in [-0.2, 0) is 19.6 Å². The molecule has 1 saturated carbocycles. The van der Waals surface area contributed by atoms with Crippen molar-refractivity contribution >= 4 is 15.9 Å². The van der Waals surface area contributed by atoms with Gasteiger partial charge >= 0.3 is 0 Å². The minimum Gasteiger partial charge on any atom is -0.383 e. The van der Waals surface area contributed by atoms with Crippen LogP contribution in [0.5, 0.6) is 0 Å². The van der Waals surface area contributed by atoms with E-state index in [1.165, 1.54) is 0 Å². The van der Waals surface area contributed by atoms with Gasteiger partial charge in [-0.05, 0) is 71.4 Å². The first-order valence-electron chi connectivity index (χ1n) is 12.7. The van der Waals surface area contributed by atoms with Crippen LogP contribution in [-0.4, -0.2) is 87.0 Å². The third kappa shape index (κ3) is 6.01. The fraction of sp³-hybridized carbons (Fsp3) is 0.731. The second kappa shape index (κ2) is 11.5. The number of hydrogen-bond donors (Lipinski definition) is 0. The van der Waals surface area contributed by atoms with E-state index < -0.39 is 10.0 Å². The molecule has 1 heterocycles. The number of carbonyl (C=O) groups is 1. The Bertz CT molecular complexity index is 924. The first-order chi connectivity index (χ1) is 16.1. The van der Waals surface area contributed by atoms with Gasteiger partial charge in [-0.2, -0.15) is 4.31 Å². The maximum Gasteiger partial charge on any atom is 0.243 e. The third-order valence-corrected chi connectivity index (χ3v) is 9.75. The Morgan fingerprint density at radius 2 is 1.59 bits per heavy atom. The lowest BCUT2D eigenvalue weighted by Crippen LogP contribution is -2.53. The van der Waals surface area contributed by atoms with Crippen LogP contribution in [0, 0.1) is 26.7 Å². The first-order valence-corrected chi connectivity index (χ1v) is 14.1. The molecule has 1 aliphatic carbocycles. The zero-order valence-electron chi connectivity index (χ0n) is 21.8. The molecule has 0 radical (unpaired) electrons. The lowest BCUT2D eigenvalue weighted by molar-refractivity contribution is -0.138. The number of ether oxygens (including phenoxy) is 1. The predicted molar refractivity (Wildman–Crippen MR) is 135 cm³/mol. The standard InChI is InChI=1S/C26H43N3O4S/c1-19(2)27-11-13-28(14-12-27)26(30)23-7-9-24(10-8-23)29(15-16-33-6)34(31,32)25-21(4)17-20(3)18-22(25)5/h17-19,23-24H,7-16H2,1-6H3/t23-,24-. The monoisotopic (exact) mass is 493 g/mol. The average Bonchev–Trinajstić information content (AvgIpc) is 2.78. The summed E-state index contributed by atoms with van der Waals surface area (Å²) >= 11 is 0. The number of amides is 1. The van der Waals surface area contributed by atoms with E-state index in [1.54, 1.807) is 11.4 Å². The van der Waals surface area contributed by atoms with Crippen LogP contribution in [0.4, 0.5) is 0 Å². The summed E-state index contributed by atoms with van der Waals surface area (Å²) in [4.78, 5) is 18.0. The van der Waals surface area contributed by atoms with Crippen molar-refractivity contribution in [1.82, 2.24) is 14.1 Å². The Balaban J connectivity index is 1.70. The van der Waals surface area contributed by atoms with Crippen molar-refractivity contribution in [3.63, 3.8) is 0 Å². The summed E-state index contributed by atoms with van der Waals surface area (Å²) in [5, 5.41) is 0. The molecule has 192 valence electrons. The van der Waals surface area contributed by atoms with Crippen LogP contribution in [0.25, 0.3) is 0 Å². The van der Waals surface area contributed by atoms with E-state index in [0.29, 0.717) is 36.9 Å². The quantitative estimate of drug-likeness (QED) is 0.555. The van der Waals surface area contributed by atoms with Gasteiger partial charge in [0.05, 0.1) is 11.5 Å². The minimum absolute atomic E-state index is 0.00308. The van der Waals surface area contributed by atoms with Crippen molar-refractivity contribution in [3.05, 3.63) is 28.8 Å². The van der Waals surface area contributed by atoms with Crippen LogP contribution in [0.1, 0.15) is 56.2 Å². The van der Waals surface area contributed by atoms with Crippen molar-refractivity contribution in [2.24, 2.45) is 5.92 Å². The Morgan fingerprint density at radius 1 is 1.03 bits per heavy atom. The highest BCUT2D eigenvalue weighted by Gasteiger charge is 2.38. The van der Waals surface area contributed by atoms with Gasteiger partial charge < -0.3 is 9.64 Å². The summed E-state index contributed by atoms with van der Waals surface area (Å²) in [6.07, 6.45) is 2.88. The molecule has 0 N–H and O–H groups in total. The number of methoxy groups -OCH3 is 1. The van der Waals surface area contributed by atoms with Gasteiger partial charge in [-0.1, -0.05) is 17.7 Å². The molecular weight excluding hydrogens is 450 g/mol. The molecule has 1 aromatic rings. The molecule has 7 nitrogen and oxygen atoms in total. The van der Waals surface area contributed by atoms with Crippen molar-refractivity contribution in [1.29, 1.82) is 0 Å². The number of piperazine rings is 1. The van der Waals surface area contributed by atoms with Crippen LogP contribution in [0.15, 0.2) is 17.0 Å². The number of carbonyl (C=O) groups excluding carboxylic acids is 1. The van der Waals surface area contributed by atoms with Crippen LogP contribution < -0.4 is 0 Å². The molecule has 1 saturated heterocycles. The van der Waals surface area contributed by atoms with Crippen molar-refractivity contribution in [2.75, 3.05) is 46.4 Å². The number of nitrogens with zero attached hydrogens (tertiary/aromatic N) is 3. The fourth-order valence-electron chi connectivity index (χ4n) is 5.70. The van der Waals surface area contributed by atoms with Crippen molar-refractivity contribution < 1.29 is 17.9 Å². The Morgan fingerprint density at radius 3 is 2.09 bits per heavy atom. The Kier molecular flexibility index (Phi) is 9.17. The molecule has 1 amide bonds. The van der Waals surface area contributed by atoms with Gasteiger partial charge in [0, 0.05) is 57.8 Å². The SMILES string of the molecule is COCCN([C@H]1CC[C@H](C(=O)N2CCN(C(C)C)CC2)CC1)S(=O)(=O)c1c(C)cc(C)cc1C. The van der Waals surface area contributed by atoms with Crippen LogP contribution >= 0.6 is 0 Å². The number of benzene rings is 1. The highest BCUT2D eigenvalue weighted by molar-refractivity contribution is 7.89. The number of sulfonamides is 1. The predicted octanol–water partition coefficient (Wildman–Crippen LogP) is 3.36. The van der Waals surface area contributed by atoms with E-state index in [2.05, 4.69) is 18.7 Å². The molecule has 0 bridgehead atoms. The summed E-state index contributed by atoms with van der Waals surface area (Å²) in [5.74, 6) is 0.245. The summed E-state index contributed by atoms with van der Waals surface area (Å²) in [6, 6.07) is 4.27. The summed E-state index contributed by atoms with van der Waals surface area (Å²) in [7, 11) is -2.07. The molecule has 1 aliphatic heterocycles. The Labute approximate surface area is 206 Å². The van der Waals surface area contributed by atoms with Gasteiger partial charge in [0.25, 0.3) is 0 Å². The molecule has 34 heavy (non-hydrogen) atoms. The van der Waals surface area contributed by atoms with Gasteiger partial charge in [-0.3, -0.25) is 9.69 Å². The molecule has 0 spiro atoms. The summed E-state index contributed by atoms with van der Waals surface area (Å²) in [6.45, 7) is 14.2. The Hall–Kier alpha value is -1.48. The van der Waals surface area contributed by atoms with Gasteiger partial charge in [-0.15, -0.1) is 0 Å². The maximum absolute atomic E-state index is 13.8. The number of hydrogen-bond acceptors (Lipinski definition) is 5. The largest absolute Gasteiger partial charge is 0.383 e. The topological polar surface area (TPSA) is 70.2 Å². The van der Waals surface area contributed by atoms with Crippen LogP contribution in [0.3, 0.4) is 0 Å². The molecule has 0 atom stereocenters. The molecule has 2 fully saturated rings. The zero-order valence-corrected chi connectivity index (χ0v) is 22.7. The summed E-state index contributed by atoms with van der Waals surface area (Å²) < 4.78 is 34.6. The van der Waals surface area contributed by atoms with Crippen molar-refractivity contribution in [2.45, 2.75) is 77.3 Å². The number of rotatable bonds is 8. The zero-order chi connectivity index (χ0) is 25.0. The highest BCUT2D eigenvalue weighted by Crippen LogP contribution is 2.34. The molecule has 0 unspecified atom stereocenters. The minimum atomic E-state index is -3.67. The van der Waals surface area contributed by atoms with E-state index in [9.17, 15) is 13.2 Å². The highest BCUT2D eigenvalue weighted by atomic mass is 32.2. The van der Waals surface area contributed by atoms with Gasteiger partial charge in [-0.25, -0.2) is 8.42 Å². The maximum atomic E-state index is 13.8. The molecule has 8 heteroatoms. The van der Waals surface area contributed by atoms with E-state index in [1.807, 2.05) is 37.8 Å². The van der Waals surface area contributed by atoms with Gasteiger partial charge in [0.15, 0.2) is 0 Å². The fourth-order valence-corrected chi connectivity index (χ4v) is 7.78. The molecular formula is C26H43N3O4S. The van der Waals surface area contributed by atoms with E-state index >= 15 is 0 Å². The van der Waals surface area contributed by atoms with Gasteiger partial charge in [0.2, 0.25) is 15.9 Å². The normalized spacial score (nSPS) is 22.5. The molecule has 1 aromatic carbocycles. The molecule has 3 rings (SSSR count). The lowest BCUT2D eigenvalue weighted by atomic mass is 9.85.